The first kappa shape index (κ1) is 34.0. The Kier molecular flexibility index (Phi) is 7.08. The van der Waals surface area contributed by atoms with Gasteiger partial charge in [0.15, 0.2) is 5.82 Å². The van der Waals surface area contributed by atoms with Gasteiger partial charge in [-0.15, -0.1) is 22.7 Å². The lowest BCUT2D eigenvalue weighted by molar-refractivity contribution is 0.893. The molecule has 0 unspecified atom stereocenters. The minimum Gasteiger partial charge on any atom is -0.278 e. The molecule has 14 aromatic rings. The van der Waals surface area contributed by atoms with Crippen LogP contribution in [0.3, 0.4) is 0 Å². The third-order valence-electron chi connectivity index (χ3n) is 12.6. The molecule has 0 radical (unpaired) electrons. The Balaban J connectivity index is 1.11. The summed E-state index contributed by atoms with van der Waals surface area (Å²) < 4.78 is 9.60. The third kappa shape index (κ3) is 4.74. The van der Waals surface area contributed by atoms with Crippen molar-refractivity contribution in [3.05, 3.63) is 188 Å². The monoisotopic (exact) mass is 825 g/mol. The normalized spacial score (nSPS) is 12.2. The molecule has 0 spiro atoms. The van der Waals surface area contributed by atoms with E-state index in [0.717, 1.165) is 38.4 Å². The molecule has 0 aliphatic heterocycles. The van der Waals surface area contributed by atoms with Crippen molar-refractivity contribution in [3.63, 3.8) is 0 Å². The van der Waals surface area contributed by atoms with E-state index in [0.29, 0.717) is 17.7 Å². The number of rotatable bonds is 4. The Labute approximate surface area is 362 Å². The van der Waals surface area contributed by atoms with Gasteiger partial charge >= 0.3 is 0 Å². The highest BCUT2D eigenvalue weighted by atomic mass is 32.1. The van der Waals surface area contributed by atoms with Crippen LogP contribution in [0.5, 0.6) is 0 Å². The highest BCUT2D eigenvalue weighted by Gasteiger charge is 2.24. The van der Waals surface area contributed by atoms with E-state index in [1.165, 1.54) is 73.0 Å². The van der Waals surface area contributed by atoms with E-state index < -0.39 is 0 Å². The molecule has 5 aromatic heterocycles. The summed E-state index contributed by atoms with van der Waals surface area (Å²) in [7, 11) is 0. The van der Waals surface area contributed by atoms with Crippen LogP contribution < -0.4 is 0 Å². The van der Waals surface area contributed by atoms with Crippen LogP contribution in [0.1, 0.15) is 0 Å². The first-order valence-electron chi connectivity index (χ1n) is 20.8. The van der Waals surface area contributed by atoms with Gasteiger partial charge in [0.05, 0.1) is 22.1 Å². The van der Waals surface area contributed by atoms with Crippen LogP contribution >= 0.6 is 22.7 Å². The van der Waals surface area contributed by atoms with Crippen molar-refractivity contribution >= 4 is 117 Å². The molecule has 0 N–H and O–H groups in total. The van der Waals surface area contributed by atoms with Gasteiger partial charge in [-0.05, 0) is 64.4 Å². The number of nitrogens with zero attached hydrogens (tertiary/aromatic N) is 5. The number of aromatic nitrogens is 5. The van der Waals surface area contributed by atoms with E-state index in [1.807, 2.05) is 22.7 Å². The van der Waals surface area contributed by atoms with Crippen molar-refractivity contribution in [1.82, 2.24) is 24.1 Å². The number of para-hydroxylation sites is 2. The number of fused-ring (bicyclic) bond motifs is 15. The van der Waals surface area contributed by atoms with E-state index in [4.69, 9.17) is 15.0 Å². The Bertz CT molecular complexity index is 3970. The molecule has 5 nitrogen and oxygen atoms in total. The minimum absolute atomic E-state index is 0.571. The highest BCUT2D eigenvalue weighted by molar-refractivity contribution is 7.27. The first-order chi connectivity index (χ1) is 30.8. The third-order valence-corrected chi connectivity index (χ3v) is 15.0. The molecule has 0 saturated carbocycles. The predicted octanol–water partition coefficient (Wildman–Crippen LogP) is 15.3. The lowest BCUT2D eigenvalue weighted by Crippen LogP contribution is -2.10. The molecule has 14 rings (SSSR count). The van der Waals surface area contributed by atoms with Crippen molar-refractivity contribution in [2.45, 2.75) is 0 Å². The Morgan fingerprint density at radius 2 is 0.742 bits per heavy atom. The van der Waals surface area contributed by atoms with Crippen LogP contribution in [0, 0.1) is 0 Å². The Morgan fingerprint density at radius 3 is 1.29 bits per heavy atom. The largest absolute Gasteiger partial charge is 0.278 e. The minimum atomic E-state index is 0.571. The molecule has 0 aliphatic carbocycles. The van der Waals surface area contributed by atoms with E-state index in [-0.39, 0.29) is 0 Å². The van der Waals surface area contributed by atoms with Crippen molar-refractivity contribution < 1.29 is 0 Å². The molecular weight excluding hydrogens is 795 g/mol. The standard InChI is InChI=1S/C55H31N5S2/c1-2-14-32(15-3-1)33-26-27-40(35-17-5-4-16-34(33)35)53-56-54(59-43-22-10-6-20-41(43)49-45(59)30-28-38-36-18-8-12-24-47(36)61-51(38)49)58-55(57-53)60-44-23-11-7-21-42(44)50-46(60)31-29-39-37-19-9-13-25-48(37)62-52(39)50/h1-31H. The van der Waals surface area contributed by atoms with Crippen molar-refractivity contribution in [2.24, 2.45) is 0 Å². The van der Waals surface area contributed by atoms with Gasteiger partial charge in [0.1, 0.15) is 0 Å². The second-order valence-corrected chi connectivity index (χ2v) is 18.0. The van der Waals surface area contributed by atoms with E-state index in [1.54, 1.807) is 0 Å². The zero-order chi connectivity index (χ0) is 40.5. The molecule has 9 aromatic carbocycles. The highest BCUT2D eigenvalue weighted by Crippen LogP contribution is 2.45. The summed E-state index contributed by atoms with van der Waals surface area (Å²) in [6.45, 7) is 0. The number of benzene rings is 9. The zero-order valence-corrected chi connectivity index (χ0v) is 34.6. The average Bonchev–Trinajstić information content (AvgIpc) is 4.09. The van der Waals surface area contributed by atoms with Gasteiger partial charge in [0.2, 0.25) is 11.9 Å². The molecule has 0 amide bonds. The summed E-state index contributed by atoms with van der Waals surface area (Å²) in [6, 6.07) is 67.5. The SMILES string of the molecule is c1ccc(-c2ccc(-c3nc(-n4c5ccccc5c5c6sc7ccccc7c6ccc54)nc(-n4c5ccccc5c5c6sc7ccccc7c6ccc54)n3)c3ccccc23)cc1. The van der Waals surface area contributed by atoms with Gasteiger partial charge in [-0.1, -0.05) is 146 Å². The summed E-state index contributed by atoms with van der Waals surface area (Å²) >= 11 is 3.70. The van der Waals surface area contributed by atoms with Crippen LogP contribution in [-0.2, 0) is 0 Å². The van der Waals surface area contributed by atoms with Crippen molar-refractivity contribution in [1.29, 1.82) is 0 Å². The fourth-order valence-corrected chi connectivity index (χ4v) is 12.5. The number of hydrogen-bond acceptors (Lipinski definition) is 5. The van der Waals surface area contributed by atoms with E-state index in [2.05, 4.69) is 197 Å². The van der Waals surface area contributed by atoms with Gasteiger partial charge < -0.3 is 0 Å². The number of thiophene rings is 2. The summed E-state index contributed by atoms with van der Waals surface area (Å²) in [4.78, 5) is 16.6. The fourth-order valence-electron chi connectivity index (χ4n) is 9.94. The molecule has 5 heterocycles. The van der Waals surface area contributed by atoms with Gasteiger partial charge in [-0.2, -0.15) is 15.0 Å². The second-order valence-electron chi connectivity index (χ2n) is 15.9. The summed E-state index contributed by atoms with van der Waals surface area (Å²) in [5.41, 5.74) is 7.51. The molecule has 0 saturated heterocycles. The van der Waals surface area contributed by atoms with Crippen LogP contribution in [0.25, 0.3) is 129 Å². The smallest absolute Gasteiger partial charge is 0.240 e. The molecule has 0 fully saturated rings. The maximum atomic E-state index is 5.55. The topological polar surface area (TPSA) is 48.5 Å². The average molecular weight is 826 g/mol. The molecule has 288 valence electrons. The van der Waals surface area contributed by atoms with E-state index >= 15 is 0 Å². The molecule has 0 atom stereocenters. The zero-order valence-electron chi connectivity index (χ0n) is 33.0. The predicted molar refractivity (Wildman–Crippen MR) is 263 cm³/mol. The van der Waals surface area contributed by atoms with Crippen molar-refractivity contribution in [3.8, 4) is 34.4 Å². The maximum absolute atomic E-state index is 5.55. The fraction of sp³-hybridized carbons (Fsp3) is 0. The van der Waals surface area contributed by atoms with Crippen LogP contribution in [0.2, 0.25) is 0 Å². The quantitative estimate of drug-likeness (QED) is 0.178. The summed E-state index contributed by atoms with van der Waals surface area (Å²) in [6.07, 6.45) is 0. The van der Waals surface area contributed by atoms with Crippen molar-refractivity contribution in [2.75, 3.05) is 0 Å². The first-order valence-corrected chi connectivity index (χ1v) is 22.4. The van der Waals surface area contributed by atoms with Crippen LogP contribution in [0.15, 0.2) is 188 Å². The molecule has 62 heavy (non-hydrogen) atoms. The van der Waals surface area contributed by atoms with Gasteiger partial charge in [0, 0.05) is 67.5 Å². The Morgan fingerprint density at radius 1 is 0.306 bits per heavy atom. The number of hydrogen-bond donors (Lipinski definition) is 0. The summed E-state index contributed by atoms with van der Waals surface area (Å²) in [5, 5.41) is 12.1. The molecular formula is C55H31N5S2. The van der Waals surface area contributed by atoms with E-state index in [9.17, 15) is 0 Å². The van der Waals surface area contributed by atoms with Crippen LogP contribution in [0.4, 0.5) is 0 Å². The molecule has 0 aliphatic rings. The van der Waals surface area contributed by atoms with Gasteiger partial charge in [0.25, 0.3) is 0 Å². The lowest BCUT2D eigenvalue weighted by Gasteiger charge is -2.15. The lowest BCUT2D eigenvalue weighted by atomic mass is 9.95. The maximum Gasteiger partial charge on any atom is 0.240 e. The molecule has 0 bridgehead atoms. The van der Waals surface area contributed by atoms with Crippen LogP contribution in [-0.4, -0.2) is 24.1 Å². The second kappa shape index (κ2) is 12.9. The molecule has 7 heteroatoms. The van der Waals surface area contributed by atoms with Gasteiger partial charge in [-0.3, -0.25) is 9.13 Å². The Hall–Kier alpha value is -7.71. The van der Waals surface area contributed by atoms with Gasteiger partial charge in [-0.25, -0.2) is 0 Å². The summed E-state index contributed by atoms with van der Waals surface area (Å²) in [5.74, 6) is 1.76.